The molecule has 0 radical (unpaired) electrons. The molecule has 38 heavy (non-hydrogen) atoms. The van der Waals surface area contributed by atoms with E-state index in [0.717, 1.165) is 27.0 Å². The van der Waals surface area contributed by atoms with E-state index in [1.165, 1.54) is 23.1 Å². The lowest BCUT2D eigenvalue weighted by Gasteiger charge is -2.38. The number of aromatic nitrogens is 2. The molecule has 192 valence electrons. The Morgan fingerprint density at radius 3 is 2.79 bits per heavy atom. The van der Waals surface area contributed by atoms with Gasteiger partial charge < -0.3 is 11.1 Å². The highest BCUT2D eigenvalue weighted by atomic mass is 79.9. The Hall–Kier alpha value is -3.46. The normalized spacial score (nSPS) is 17.3. The Labute approximate surface area is 236 Å². The Balaban J connectivity index is 1.42. The lowest BCUT2D eigenvalue weighted by molar-refractivity contribution is -0.116. The molecule has 0 bridgehead atoms. The van der Waals surface area contributed by atoms with Crippen LogP contribution in [0.3, 0.4) is 0 Å². The molecule has 8 nitrogen and oxygen atoms in total. The highest BCUT2D eigenvalue weighted by Crippen LogP contribution is 2.47. The summed E-state index contributed by atoms with van der Waals surface area (Å²) in [6, 6.07) is 17.5. The first-order valence-electron chi connectivity index (χ1n) is 11.9. The maximum Gasteiger partial charge on any atom is 0.234 e. The van der Waals surface area contributed by atoms with Gasteiger partial charge in [-0.15, -0.1) is 10.2 Å². The Morgan fingerprint density at radius 1 is 1.26 bits per heavy atom. The summed E-state index contributed by atoms with van der Waals surface area (Å²) in [6.07, 6.45) is 1.74. The number of carbonyl (C=O) groups excluding carboxylic acids is 2. The second kappa shape index (κ2) is 11.1. The molecule has 1 amide bonds. The predicted molar refractivity (Wildman–Crippen MR) is 153 cm³/mol. The third-order valence-corrected chi connectivity index (χ3v) is 8.88. The maximum absolute atomic E-state index is 13.2. The molecular formula is C27H23BrN6O2S2. The number of hydrogen-bond donors (Lipinski definition) is 2. The van der Waals surface area contributed by atoms with Crippen molar-refractivity contribution in [3.05, 3.63) is 86.8 Å². The first-order chi connectivity index (χ1) is 18.4. The van der Waals surface area contributed by atoms with Gasteiger partial charge in [-0.05, 0) is 49.6 Å². The van der Waals surface area contributed by atoms with E-state index < -0.39 is 5.92 Å². The summed E-state index contributed by atoms with van der Waals surface area (Å²) in [5, 5.41) is 22.1. The standard InChI is InChI=1S/C27H23BrN6O2S2/c1-15-8-10-18(11-9-15)31-22(36)14-37-27-33-32-26(38-27)34-20-6-3-7-21(35)24(20)23(19(13-29)25(34)30)16-4-2-5-17(28)12-16/h2,4-5,8-12,23H,3,6-7,14,30H2,1H3,(H,31,36). The van der Waals surface area contributed by atoms with Gasteiger partial charge in [-0.3, -0.25) is 14.5 Å². The molecular weight excluding hydrogens is 584 g/mol. The van der Waals surface area contributed by atoms with Crippen molar-refractivity contribution < 1.29 is 9.59 Å². The van der Waals surface area contributed by atoms with Crippen molar-refractivity contribution in [1.29, 1.82) is 5.26 Å². The van der Waals surface area contributed by atoms with Gasteiger partial charge in [0.1, 0.15) is 5.82 Å². The van der Waals surface area contributed by atoms with Crippen LogP contribution in [0.4, 0.5) is 10.8 Å². The average Bonchev–Trinajstić information content (AvgIpc) is 3.37. The van der Waals surface area contributed by atoms with Crippen LogP contribution in [0.15, 0.2) is 80.0 Å². The number of nitriles is 1. The van der Waals surface area contributed by atoms with E-state index in [0.29, 0.717) is 39.9 Å². The Bertz CT molecular complexity index is 1520. The molecule has 0 saturated carbocycles. The molecule has 1 aliphatic heterocycles. The van der Waals surface area contributed by atoms with Gasteiger partial charge in [-0.2, -0.15) is 5.26 Å². The molecule has 3 N–H and O–H groups in total. The number of anilines is 2. The summed E-state index contributed by atoms with van der Waals surface area (Å²) in [6.45, 7) is 1.99. The summed E-state index contributed by atoms with van der Waals surface area (Å²) >= 11 is 6.04. The summed E-state index contributed by atoms with van der Waals surface area (Å²) in [4.78, 5) is 27.4. The number of nitrogens with one attached hydrogen (secondary N) is 1. The number of amides is 1. The minimum absolute atomic E-state index is 0.00775. The molecule has 2 aromatic carbocycles. The number of ketones is 1. The first kappa shape index (κ1) is 26.2. The van der Waals surface area contributed by atoms with E-state index in [9.17, 15) is 14.9 Å². The summed E-state index contributed by atoms with van der Waals surface area (Å²) < 4.78 is 1.44. The van der Waals surface area contributed by atoms with Gasteiger partial charge in [0.15, 0.2) is 10.1 Å². The third-order valence-electron chi connectivity index (χ3n) is 6.34. The van der Waals surface area contributed by atoms with E-state index in [4.69, 9.17) is 5.73 Å². The van der Waals surface area contributed by atoms with Gasteiger partial charge in [0.25, 0.3) is 0 Å². The molecule has 0 fully saturated rings. The minimum Gasteiger partial charge on any atom is -0.384 e. The smallest absolute Gasteiger partial charge is 0.234 e. The number of allylic oxidation sites excluding steroid dienone is 3. The highest BCUT2D eigenvalue weighted by Gasteiger charge is 2.41. The van der Waals surface area contributed by atoms with Gasteiger partial charge in [0.2, 0.25) is 11.0 Å². The van der Waals surface area contributed by atoms with Gasteiger partial charge in [-0.25, -0.2) is 0 Å². The molecule has 1 unspecified atom stereocenters. The van der Waals surface area contributed by atoms with Gasteiger partial charge in [-0.1, -0.05) is 68.9 Å². The van der Waals surface area contributed by atoms with Crippen LogP contribution in [-0.4, -0.2) is 27.6 Å². The quantitative estimate of drug-likeness (QED) is 0.345. The molecule has 3 aromatic rings. The molecule has 0 saturated heterocycles. The second-order valence-electron chi connectivity index (χ2n) is 8.92. The molecule has 11 heteroatoms. The summed E-state index contributed by atoms with van der Waals surface area (Å²) in [5.41, 5.74) is 10.9. The summed E-state index contributed by atoms with van der Waals surface area (Å²) in [7, 11) is 0. The molecule has 1 aliphatic carbocycles. The fourth-order valence-corrected chi connectivity index (χ4v) is 6.73. The molecule has 2 aliphatic rings. The highest BCUT2D eigenvalue weighted by molar-refractivity contribution is 9.10. The van der Waals surface area contributed by atoms with Crippen molar-refractivity contribution in [3.8, 4) is 6.07 Å². The fourth-order valence-electron chi connectivity index (χ4n) is 4.64. The van der Waals surface area contributed by atoms with Crippen molar-refractivity contribution in [2.24, 2.45) is 5.73 Å². The average molecular weight is 608 g/mol. The zero-order valence-electron chi connectivity index (χ0n) is 20.4. The van der Waals surface area contributed by atoms with Crippen molar-refractivity contribution in [2.75, 3.05) is 16.0 Å². The zero-order valence-corrected chi connectivity index (χ0v) is 23.6. The third kappa shape index (κ3) is 5.25. The van der Waals surface area contributed by atoms with Crippen molar-refractivity contribution in [3.63, 3.8) is 0 Å². The summed E-state index contributed by atoms with van der Waals surface area (Å²) in [5.74, 6) is -0.276. The molecule has 1 atom stereocenters. The van der Waals surface area contributed by atoms with Crippen LogP contribution in [-0.2, 0) is 9.59 Å². The Morgan fingerprint density at radius 2 is 2.05 bits per heavy atom. The van der Waals surface area contributed by atoms with Crippen molar-refractivity contribution in [1.82, 2.24) is 10.2 Å². The van der Waals surface area contributed by atoms with Crippen molar-refractivity contribution in [2.45, 2.75) is 36.4 Å². The number of Topliss-reactive ketones (excluding diaryl/α,β-unsaturated/α-hetero) is 1. The zero-order chi connectivity index (χ0) is 26.8. The van der Waals surface area contributed by atoms with Crippen LogP contribution in [0.25, 0.3) is 0 Å². The molecule has 5 rings (SSSR count). The van der Waals surface area contributed by atoms with Crippen LogP contribution < -0.4 is 16.0 Å². The maximum atomic E-state index is 13.2. The Kier molecular flexibility index (Phi) is 7.65. The van der Waals surface area contributed by atoms with Gasteiger partial charge in [0.05, 0.1) is 23.3 Å². The minimum atomic E-state index is -0.538. The van der Waals surface area contributed by atoms with Crippen molar-refractivity contribution >= 4 is 61.5 Å². The lowest BCUT2D eigenvalue weighted by Crippen LogP contribution is -2.38. The monoisotopic (exact) mass is 606 g/mol. The topological polar surface area (TPSA) is 125 Å². The number of carbonyl (C=O) groups is 2. The number of hydrogen-bond acceptors (Lipinski definition) is 9. The number of aryl methyl sites for hydroxylation is 1. The van der Waals surface area contributed by atoms with Crippen LogP contribution in [0.2, 0.25) is 0 Å². The number of nitrogens with two attached hydrogens (primary N) is 1. The molecule has 1 aromatic heterocycles. The number of halogens is 1. The van der Waals surface area contributed by atoms with Gasteiger partial charge >= 0.3 is 0 Å². The van der Waals surface area contributed by atoms with Crippen LogP contribution in [0.1, 0.15) is 36.3 Å². The van der Waals surface area contributed by atoms with E-state index in [1.807, 2.05) is 55.5 Å². The lowest BCUT2D eigenvalue weighted by atomic mass is 9.76. The largest absolute Gasteiger partial charge is 0.384 e. The van der Waals surface area contributed by atoms with E-state index >= 15 is 0 Å². The SMILES string of the molecule is Cc1ccc(NC(=O)CSc2nnc(N3C(N)=C(C#N)C(c4cccc(Br)c4)C4=C3CCCC4=O)s2)cc1. The van der Waals surface area contributed by atoms with Crippen LogP contribution in [0.5, 0.6) is 0 Å². The number of thioether (sulfide) groups is 1. The fraction of sp³-hybridized carbons (Fsp3) is 0.222. The predicted octanol–water partition coefficient (Wildman–Crippen LogP) is 5.64. The molecule has 0 spiro atoms. The van der Waals surface area contributed by atoms with E-state index in [2.05, 4.69) is 37.5 Å². The van der Waals surface area contributed by atoms with E-state index in [1.54, 1.807) is 4.90 Å². The number of rotatable bonds is 6. The molecule has 2 heterocycles. The second-order valence-corrected chi connectivity index (χ2v) is 12.0. The van der Waals surface area contributed by atoms with Crippen LogP contribution >= 0.6 is 39.0 Å². The van der Waals surface area contributed by atoms with Crippen LogP contribution in [0, 0.1) is 18.3 Å². The van der Waals surface area contributed by atoms with Gasteiger partial charge in [0, 0.05) is 27.9 Å². The van der Waals surface area contributed by atoms with E-state index in [-0.39, 0.29) is 23.3 Å². The first-order valence-corrected chi connectivity index (χ1v) is 14.5. The number of benzene rings is 2. The number of nitrogens with zero attached hydrogens (tertiary/aromatic N) is 4.